The molecule has 0 fully saturated rings. The van der Waals surface area contributed by atoms with Gasteiger partial charge in [-0.05, 0) is 0 Å². The monoisotopic (exact) mass is 145 g/mol. The van der Waals surface area contributed by atoms with Crippen molar-refractivity contribution in [1.82, 2.24) is 0 Å². The van der Waals surface area contributed by atoms with Crippen LogP contribution in [-0.2, 0) is 9.59 Å². The SMILES string of the molecule is O.O=C(O)CC(=O)O.[Na]. The first-order valence-electron chi connectivity index (χ1n) is 1.56. The molecule has 0 heterocycles. The summed E-state index contributed by atoms with van der Waals surface area (Å²) in [5, 5.41) is 15.4. The maximum Gasteiger partial charge on any atom is 0.314 e. The summed E-state index contributed by atoms with van der Waals surface area (Å²) in [5.74, 6) is -2.62. The van der Waals surface area contributed by atoms with Crippen molar-refractivity contribution in [3.8, 4) is 0 Å². The first kappa shape index (κ1) is 16.0. The second-order valence-electron chi connectivity index (χ2n) is 0.964. The van der Waals surface area contributed by atoms with E-state index in [1.54, 1.807) is 0 Å². The second kappa shape index (κ2) is 7.90. The van der Waals surface area contributed by atoms with E-state index in [4.69, 9.17) is 10.2 Å². The molecule has 1 radical (unpaired) electrons. The summed E-state index contributed by atoms with van der Waals surface area (Å²) >= 11 is 0. The average molecular weight is 145 g/mol. The maximum atomic E-state index is 9.43. The van der Waals surface area contributed by atoms with E-state index in [-0.39, 0.29) is 35.0 Å². The Kier molecular flexibility index (Phi) is 14.0. The van der Waals surface area contributed by atoms with Crippen LogP contribution in [0.15, 0.2) is 0 Å². The minimum Gasteiger partial charge on any atom is -0.481 e. The molecule has 0 unspecified atom stereocenters. The molecule has 0 aromatic carbocycles. The molecule has 0 saturated carbocycles. The molecule has 49 valence electrons. The first-order valence-corrected chi connectivity index (χ1v) is 1.56. The molecule has 0 aliphatic rings. The first-order chi connectivity index (χ1) is 3.13. The number of rotatable bonds is 2. The van der Waals surface area contributed by atoms with E-state index in [0.29, 0.717) is 0 Å². The quantitative estimate of drug-likeness (QED) is 0.358. The van der Waals surface area contributed by atoms with Gasteiger partial charge in [0.15, 0.2) is 0 Å². The Morgan fingerprint density at radius 2 is 1.33 bits per heavy atom. The van der Waals surface area contributed by atoms with Crippen molar-refractivity contribution in [3.05, 3.63) is 0 Å². The molecule has 0 amide bonds. The van der Waals surface area contributed by atoms with Gasteiger partial charge in [0, 0.05) is 29.6 Å². The van der Waals surface area contributed by atoms with E-state index in [0.717, 1.165) is 0 Å². The number of hydrogen-bond acceptors (Lipinski definition) is 2. The van der Waals surface area contributed by atoms with Crippen LogP contribution in [0.3, 0.4) is 0 Å². The summed E-state index contributed by atoms with van der Waals surface area (Å²) in [5.41, 5.74) is 0. The van der Waals surface area contributed by atoms with Crippen LogP contribution >= 0.6 is 0 Å². The van der Waals surface area contributed by atoms with Crippen LogP contribution in [0.25, 0.3) is 0 Å². The van der Waals surface area contributed by atoms with Gasteiger partial charge in [0.2, 0.25) is 0 Å². The fourth-order valence-electron chi connectivity index (χ4n) is 0.129. The molecule has 0 bridgehead atoms. The van der Waals surface area contributed by atoms with Crippen molar-refractivity contribution in [2.24, 2.45) is 0 Å². The van der Waals surface area contributed by atoms with Crippen LogP contribution in [0.4, 0.5) is 0 Å². The molecule has 0 atom stereocenters. The molecule has 0 aromatic rings. The van der Waals surface area contributed by atoms with Crippen molar-refractivity contribution in [3.63, 3.8) is 0 Å². The van der Waals surface area contributed by atoms with Gasteiger partial charge in [-0.3, -0.25) is 9.59 Å². The van der Waals surface area contributed by atoms with Gasteiger partial charge >= 0.3 is 11.9 Å². The normalized spacial score (nSPS) is 6.22. The maximum absolute atomic E-state index is 9.43. The van der Waals surface area contributed by atoms with Gasteiger partial charge in [0.25, 0.3) is 0 Å². The number of hydrogen-bond donors (Lipinski definition) is 2. The standard InChI is InChI=1S/C3H4O4.Na.H2O/c4-2(5)1-3(6)7;;/h1H2,(H,4,5)(H,6,7);;1H2. The third-order valence-corrected chi connectivity index (χ3v) is 0.302. The summed E-state index contributed by atoms with van der Waals surface area (Å²) in [6.07, 6.45) is -0.806. The van der Waals surface area contributed by atoms with Gasteiger partial charge in [-0.1, -0.05) is 0 Å². The fourth-order valence-corrected chi connectivity index (χ4v) is 0.129. The van der Waals surface area contributed by atoms with Gasteiger partial charge in [-0.25, -0.2) is 0 Å². The second-order valence-corrected chi connectivity index (χ2v) is 0.964. The predicted molar refractivity (Wildman–Crippen MR) is 29.3 cm³/mol. The molecule has 0 aliphatic heterocycles. The van der Waals surface area contributed by atoms with Gasteiger partial charge in [-0.15, -0.1) is 0 Å². The van der Waals surface area contributed by atoms with Gasteiger partial charge < -0.3 is 15.7 Å². The van der Waals surface area contributed by atoms with Crippen molar-refractivity contribution >= 4 is 41.5 Å². The van der Waals surface area contributed by atoms with Crippen LogP contribution in [0.2, 0.25) is 0 Å². The summed E-state index contributed by atoms with van der Waals surface area (Å²) in [4.78, 5) is 18.9. The minimum absolute atomic E-state index is 0. The molecule has 0 aromatic heterocycles. The molecule has 0 spiro atoms. The Morgan fingerprint density at radius 1 is 1.11 bits per heavy atom. The van der Waals surface area contributed by atoms with Crippen LogP contribution in [0.5, 0.6) is 0 Å². The van der Waals surface area contributed by atoms with E-state index in [1.165, 1.54) is 0 Å². The molecular weight excluding hydrogens is 139 g/mol. The Balaban J connectivity index is -0.000000180. The third kappa shape index (κ3) is 18.1. The molecule has 0 rings (SSSR count). The number of carboxylic acid groups (broad SMARTS) is 2. The topological polar surface area (TPSA) is 106 Å². The number of aliphatic carboxylic acids is 2. The Morgan fingerprint density at radius 3 is 1.33 bits per heavy atom. The van der Waals surface area contributed by atoms with Crippen molar-refractivity contribution < 1.29 is 25.3 Å². The zero-order valence-corrected chi connectivity index (χ0v) is 6.92. The molecule has 6 heteroatoms. The van der Waals surface area contributed by atoms with Gasteiger partial charge in [0.1, 0.15) is 6.42 Å². The van der Waals surface area contributed by atoms with E-state index >= 15 is 0 Å². The van der Waals surface area contributed by atoms with Crippen LogP contribution in [-0.4, -0.2) is 57.2 Å². The zero-order chi connectivity index (χ0) is 5.86. The summed E-state index contributed by atoms with van der Waals surface area (Å²) in [6.45, 7) is 0. The molecule has 9 heavy (non-hydrogen) atoms. The summed E-state index contributed by atoms with van der Waals surface area (Å²) in [7, 11) is 0. The van der Waals surface area contributed by atoms with E-state index in [1.807, 2.05) is 0 Å². The molecule has 0 aliphatic carbocycles. The average Bonchev–Trinajstić information content (AvgIpc) is 1.27. The van der Waals surface area contributed by atoms with E-state index < -0.39 is 18.4 Å². The van der Waals surface area contributed by atoms with E-state index in [2.05, 4.69) is 0 Å². The number of carboxylic acids is 2. The Hall–Kier alpha value is -0.100. The molecular formula is C3H6NaO5. The smallest absolute Gasteiger partial charge is 0.314 e. The van der Waals surface area contributed by atoms with Crippen molar-refractivity contribution in [1.29, 1.82) is 0 Å². The molecule has 5 nitrogen and oxygen atoms in total. The fraction of sp³-hybridized carbons (Fsp3) is 0.333. The molecule has 4 N–H and O–H groups in total. The van der Waals surface area contributed by atoms with Crippen LogP contribution in [0, 0.1) is 0 Å². The Labute approximate surface area is 73.3 Å². The third-order valence-electron chi connectivity index (χ3n) is 0.302. The van der Waals surface area contributed by atoms with Crippen LogP contribution < -0.4 is 0 Å². The minimum atomic E-state index is -1.31. The van der Waals surface area contributed by atoms with Crippen molar-refractivity contribution in [2.75, 3.05) is 0 Å². The zero-order valence-electron chi connectivity index (χ0n) is 4.92. The van der Waals surface area contributed by atoms with E-state index in [9.17, 15) is 9.59 Å². The predicted octanol–water partition coefficient (Wildman–Crippen LogP) is -1.66. The number of carbonyl (C=O) groups is 2. The van der Waals surface area contributed by atoms with Crippen LogP contribution in [0.1, 0.15) is 6.42 Å². The van der Waals surface area contributed by atoms with Crippen molar-refractivity contribution in [2.45, 2.75) is 6.42 Å². The molecule has 0 saturated heterocycles. The largest absolute Gasteiger partial charge is 0.481 e. The Bertz CT molecular complexity index is 88.4. The van der Waals surface area contributed by atoms with Gasteiger partial charge in [-0.2, -0.15) is 0 Å². The summed E-state index contributed by atoms with van der Waals surface area (Å²) in [6, 6.07) is 0. The van der Waals surface area contributed by atoms with Gasteiger partial charge in [0.05, 0.1) is 0 Å². The summed E-state index contributed by atoms with van der Waals surface area (Å²) < 4.78 is 0.